The summed E-state index contributed by atoms with van der Waals surface area (Å²) < 4.78 is 0. The van der Waals surface area contributed by atoms with E-state index in [9.17, 15) is 9.59 Å². The largest absolute Gasteiger partial charge is 0.350 e. The van der Waals surface area contributed by atoms with Gasteiger partial charge in [-0.2, -0.15) is 0 Å². The van der Waals surface area contributed by atoms with E-state index >= 15 is 0 Å². The van der Waals surface area contributed by atoms with Gasteiger partial charge in [0.25, 0.3) is 5.91 Å². The standard InChI is InChI=1S/C25H23N3O2S3/c1-16(26-17(2)29)18-9-11-19(12-10-18)22-15-33-25(27-22)28-24(30)21-7-3-4-8-23(21)32-14-20-6-5-13-31-20/h3-13,15-16H,14H2,1-2H3,(H,26,29)(H,27,28,30). The highest BCUT2D eigenvalue weighted by Gasteiger charge is 2.15. The second-order valence-corrected chi connectivity index (χ2v) is 10.3. The second-order valence-electron chi connectivity index (χ2n) is 7.40. The maximum Gasteiger partial charge on any atom is 0.258 e. The predicted octanol–water partition coefficient (Wildman–Crippen LogP) is 6.61. The Morgan fingerprint density at radius 2 is 1.82 bits per heavy atom. The molecule has 0 spiro atoms. The van der Waals surface area contributed by atoms with Crippen molar-refractivity contribution in [1.82, 2.24) is 10.3 Å². The fraction of sp³-hybridized carbons (Fsp3) is 0.160. The van der Waals surface area contributed by atoms with Crippen LogP contribution in [0.5, 0.6) is 0 Å². The van der Waals surface area contributed by atoms with Gasteiger partial charge in [0.05, 0.1) is 17.3 Å². The summed E-state index contributed by atoms with van der Waals surface area (Å²) in [6, 6.07) is 19.6. The minimum Gasteiger partial charge on any atom is -0.350 e. The number of nitrogens with one attached hydrogen (secondary N) is 2. The van der Waals surface area contributed by atoms with Crippen molar-refractivity contribution in [2.75, 3.05) is 5.32 Å². The van der Waals surface area contributed by atoms with E-state index in [1.807, 2.05) is 66.9 Å². The molecule has 8 heteroatoms. The number of thioether (sulfide) groups is 1. The molecular formula is C25H23N3O2S3. The highest BCUT2D eigenvalue weighted by molar-refractivity contribution is 7.98. The van der Waals surface area contributed by atoms with Gasteiger partial charge in [-0.15, -0.1) is 34.4 Å². The maximum atomic E-state index is 13.0. The molecule has 0 fully saturated rings. The van der Waals surface area contributed by atoms with Crippen LogP contribution in [-0.4, -0.2) is 16.8 Å². The Labute approximate surface area is 205 Å². The Bertz CT molecular complexity index is 1230. The maximum absolute atomic E-state index is 13.0. The molecule has 1 atom stereocenters. The predicted molar refractivity (Wildman–Crippen MR) is 138 cm³/mol. The van der Waals surface area contributed by atoms with Crippen molar-refractivity contribution in [3.8, 4) is 11.3 Å². The minimum absolute atomic E-state index is 0.0559. The molecule has 0 aliphatic carbocycles. The van der Waals surface area contributed by atoms with Gasteiger partial charge in [-0.05, 0) is 36.1 Å². The zero-order chi connectivity index (χ0) is 23.2. The van der Waals surface area contributed by atoms with Crippen LogP contribution in [0.2, 0.25) is 0 Å². The van der Waals surface area contributed by atoms with Gasteiger partial charge < -0.3 is 5.32 Å². The molecule has 4 rings (SSSR count). The average molecular weight is 494 g/mol. The van der Waals surface area contributed by atoms with Crippen LogP contribution in [-0.2, 0) is 10.5 Å². The van der Waals surface area contributed by atoms with E-state index in [-0.39, 0.29) is 17.9 Å². The molecule has 2 amide bonds. The van der Waals surface area contributed by atoms with Crippen LogP contribution in [0.25, 0.3) is 11.3 Å². The van der Waals surface area contributed by atoms with Crippen LogP contribution in [0.1, 0.15) is 40.7 Å². The number of hydrogen-bond acceptors (Lipinski definition) is 6. The molecule has 2 heterocycles. The molecule has 0 bridgehead atoms. The normalized spacial score (nSPS) is 11.7. The van der Waals surface area contributed by atoms with Crippen LogP contribution >= 0.6 is 34.4 Å². The summed E-state index contributed by atoms with van der Waals surface area (Å²) in [5.74, 6) is 0.613. The smallest absolute Gasteiger partial charge is 0.258 e. The summed E-state index contributed by atoms with van der Waals surface area (Å²) in [5.41, 5.74) is 3.42. The van der Waals surface area contributed by atoms with E-state index < -0.39 is 0 Å². The molecule has 4 aromatic rings. The summed E-state index contributed by atoms with van der Waals surface area (Å²) in [6.45, 7) is 3.46. The summed E-state index contributed by atoms with van der Waals surface area (Å²) in [6.07, 6.45) is 0. The number of aromatic nitrogens is 1. The third kappa shape index (κ3) is 6.10. The Kier molecular flexibility index (Phi) is 7.59. The SMILES string of the molecule is CC(=O)NC(C)c1ccc(-c2csc(NC(=O)c3ccccc3SCc3cccs3)n2)cc1. The first-order valence-corrected chi connectivity index (χ1v) is 13.1. The minimum atomic E-state index is -0.162. The summed E-state index contributed by atoms with van der Waals surface area (Å²) >= 11 is 4.77. The zero-order valence-electron chi connectivity index (χ0n) is 18.2. The van der Waals surface area contributed by atoms with Gasteiger partial charge >= 0.3 is 0 Å². The van der Waals surface area contributed by atoms with E-state index in [1.165, 1.54) is 23.1 Å². The number of rotatable bonds is 8. The fourth-order valence-corrected chi connectivity index (χ4v) is 5.82. The summed E-state index contributed by atoms with van der Waals surface area (Å²) in [7, 11) is 0. The van der Waals surface area contributed by atoms with Gasteiger partial charge in [0, 0.05) is 33.4 Å². The lowest BCUT2D eigenvalue weighted by molar-refractivity contribution is -0.119. The molecule has 2 aromatic carbocycles. The molecular weight excluding hydrogens is 470 g/mol. The Morgan fingerprint density at radius 1 is 1.03 bits per heavy atom. The van der Waals surface area contributed by atoms with Gasteiger partial charge in [-0.1, -0.05) is 42.5 Å². The second kappa shape index (κ2) is 10.8. The van der Waals surface area contributed by atoms with Gasteiger partial charge in [-0.3, -0.25) is 14.9 Å². The van der Waals surface area contributed by atoms with Gasteiger partial charge in [0.15, 0.2) is 5.13 Å². The number of hydrogen-bond donors (Lipinski definition) is 2. The number of carbonyl (C=O) groups is 2. The van der Waals surface area contributed by atoms with Crippen molar-refractivity contribution < 1.29 is 9.59 Å². The molecule has 168 valence electrons. The molecule has 2 N–H and O–H groups in total. The van der Waals surface area contributed by atoms with Crippen molar-refractivity contribution in [3.63, 3.8) is 0 Å². The molecule has 0 aliphatic rings. The van der Waals surface area contributed by atoms with Crippen LogP contribution in [0.3, 0.4) is 0 Å². The topological polar surface area (TPSA) is 71.1 Å². The lowest BCUT2D eigenvalue weighted by atomic mass is 10.1. The van der Waals surface area contributed by atoms with Crippen LogP contribution in [0.4, 0.5) is 5.13 Å². The summed E-state index contributed by atoms with van der Waals surface area (Å²) in [4.78, 5) is 31.0. The Morgan fingerprint density at radius 3 is 2.55 bits per heavy atom. The van der Waals surface area contributed by atoms with E-state index in [2.05, 4.69) is 27.1 Å². The monoisotopic (exact) mass is 493 g/mol. The van der Waals surface area contributed by atoms with Crippen LogP contribution < -0.4 is 10.6 Å². The van der Waals surface area contributed by atoms with E-state index in [4.69, 9.17) is 0 Å². The first-order chi connectivity index (χ1) is 16.0. The highest BCUT2D eigenvalue weighted by Crippen LogP contribution is 2.30. The van der Waals surface area contributed by atoms with Crippen molar-refractivity contribution >= 4 is 51.4 Å². The Hall–Kier alpha value is -2.94. The molecule has 0 radical (unpaired) electrons. The van der Waals surface area contributed by atoms with Crippen molar-refractivity contribution in [2.24, 2.45) is 0 Å². The van der Waals surface area contributed by atoms with Gasteiger partial charge in [0.2, 0.25) is 5.91 Å². The highest BCUT2D eigenvalue weighted by atomic mass is 32.2. The van der Waals surface area contributed by atoms with Crippen molar-refractivity contribution in [2.45, 2.75) is 30.5 Å². The molecule has 0 saturated carbocycles. The van der Waals surface area contributed by atoms with Gasteiger partial charge in [-0.25, -0.2) is 4.98 Å². The Balaban J connectivity index is 1.43. The van der Waals surface area contributed by atoms with E-state index in [1.54, 1.807) is 23.1 Å². The van der Waals surface area contributed by atoms with Gasteiger partial charge in [0.1, 0.15) is 0 Å². The number of benzene rings is 2. The molecule has 1 unspecified atom stereocenters. The number of anilines is 1. The van der Waals surface area contributed by atoms with Crippen LogP contribution in [0, 0.1) is 0 Å². The summed E-state index contributed by atoms with van der Waals surface area (Å²) in [5, 5.41) is 10.4. The van der Waals surface area contributed by atoms with E-state index in [0.29, 0.717) is 10.7 Å². The first-order valence-electron chi connectivity index (χ1n) is 10.4. The number of thiazole rings is 1. The molecule has 5 nitrogen and oxygen atoms in total. The first kappa shape index (κ1) is 23.2. The lowest BCUT2D eigenvalue weighted by Gasteiger charge is -2.13. The zero-order valence-corrected chi connectivity index (χ0v) is 20.7. The number of carbonyl (C=O) groups excluding carboxylic acids is 2. The van der Waals surface area contributed by atoms with Crippen molar-refractivity contribution in [1.29, 1.82) is 0 Å². The molecule has 0 aliphatic heterocycles. The third-order valence-electron chi connectivity index (χ3n) is 4.93. The lowest BCUT2D eigenvalue weighted by Crippen LogP contribution is -2.23. The van der Waals surface area contributed by atoms with Crippen LogP contribution in [0.15, 0.2) is 76.3 Å². The van der Waals surface area contributed by atoms with E-state index in [0.717, 1.165) is 27.5 Å². The molecule has 33 heavy (non-hydrogen) atoms. The van der Waals surface area contributed by atoms with Crippen molar-refractivity contribution in [3.05, 3.63) is 87.4 Å². The number of nitrogens with zero attached hydrogens (tertiary/aromatic N) is 1. The number of amides is 2. The molecule has 2 aromatic heterocycles. The number of thiophene rings is 1. The quantitative estimate of drug-likeness (QED) is 0.271. The molecule has 0 saturated heterocycles. The average Bonchev–Trinajstić information content (AvgIpc) is 3.50. The fourth-order valence-electron chi connectivity index (χ4n) is 3.28. The third-order valence-corrected chi connectivity index (χ3v) is 7.87.